The van der Waals surface area contributed by atoms with Crippen molar-refractivity contribution in [3.8, 4) is 5.75 Å². The predicted molar refractivity (Wildman–Crippen MR) is 118 cm³/mol. The first-order valence-corrected chi connectivity index (χ1v) is 11.1. The van der Waals surface area contributed by atoms with Gasteiger partial charge in [0.05, 0.1) is 6.61 Å². The maximum absolute atomic E-state index is 12.4. The average molecular weight is 395 g/mol. The summed E-state index contributed by atoms with van der Waals surface area (Å²) in [5, 5.41) is 3.04. The van der Waals surface area contributed by atoms with Gasteiger partial charge in [0.2, 0.25) is 0 Å². The van der Waals surface area contributed by atoms with Crippen LogP contribution in [-0.2, 0) is 13.0 Å². The number of benzene rings is 2. The molecular formula is C25H34N2O2. The number of hydrogen-bond donors (Lipinski definition) is 1. The Morgan fingerprint density at radius 3 is 2.55 bits per heavy atom. The fourth-order valence-electron chi connectivity index (χ4n) is 3.78. The second-order valence-corrected chi connectivity index (χ2v) is 7.85. The Balaban J connectivity index is 1.41. The van der Waals surface area contributed by atoms with E-state index in [4.69, 9.17) is 4.74 Å². The Morgan fingerprint density at radius 2 is 1.79 bits per heavy atom. The number of carbonyl (C=O) groups excluding carboxylic acids is 1. The molecule has 2 aromatic carbocycles. The van der Waals surface area contributed by atoms with Gasteiger partial charge < -0.3 is 10.1 Å². The molecule has 0 unspecified atom stereocenters. The minimum Gasteiger partial charge on any atom is -0.493 e. The SMILES string of the molecule is CCCOc1ccccc1CCCNC(=O)c1ccc(CN2CCCCC2)cc1. The molecule has 0 aliphatic carbocycles. The average Bonchev–Trinajstić information content (AvgIpc) is 2.77. The van der Waals surface area contributed by atoms with E-state index in [2.05, 4.69) is 35.3 Å². The van der Waals surface area contributed by atoms with Crippen LogP contribution in [0.25, 0.3) is 0 Å². The Morgan fingerprint density at radius 1 is 1.03 bits per heavy atom. The fraction of sp³-hybridized carbons (Fsp3) is 0.480. The summed E-state index contributed by atoms with van der Waals surface area (Å²) in [7, 11) is 0. The molecule has 1 aliphatic rings. The quantitative estimate of drug-likeness (QED) is 0.587. The van der Waals surface area contributed by atoms with E-state index >= 15 is 0 Å². The molecule has 1 saturated heterocycles. The van der Waals surface area contributed by atoms with Gasteiger partial charge in [-0.2, -0.15) is 0 Å². The number of aryl methyl sites for hydroxylation is 1. The van der Waals surface area contributed by atoms with Gasteiger partial charge in [0.1, 0.15) is 5.75 Å². The maximum atomic E-state index is 12.4. The van der Waals surface area contributed by atoms with E-state index in [1.807, 2.05) is 30.3 Å². The molecule has 0 spiro atoms. The molecule has 3 rings (SSSR count). The normalized spacial score (nSPS) is 14.5. The van der Waals surface area contributed by atoms with Gasteiger partial charge in [-0.15, -0.1) is 0 Å². The van der Waals surface area contributed by atoms with Gasteiger partial charge in [0.15, 0.2) is 0 Å². The third kappa shape index (κ3) is 6.90. The molecule has 4 heteroatoms. The monoisotopic (exact) mass is 394 g/mol. The fourth-order valence-corrected chi connectivity index (χ4v) is 3.78. The van der Waals surface area contributed by atoms with Gasteiger partial charge >= 0.3 is 0 Å². The highest BCUT2D eigenvalue weighted by molar-refractivity contribution is 5.94. The van der Waals surface area contributed by atoms with E-state index in [9.17, 15) is 4.79 Å². The van der Waals surface area contributed by atoms with Crippen LogP contribution in [0.15, 0.2) is 48.5 Å². The molecule has 0 radical (unpaired) electrons. The van der Waals surface area contributed by atoms with E-state index in [0.29, 0.717) is 6.54 Å². The number of ether oxygens (including phenoxy) is 1. The zero-order valence-electron chi connectivity index (χ0n) is 17.7. The molecule has 0 aromatic heterocycles. The van der Waals surface area contributed by atoms with Gasteiger partial charge in [-0.25, -0.2) is 0 Å². The molecular weight excluding hydrogens is 360 g/mol. The van der Waals surface area contributed by atoms with Gasteiger partial charge in [-0.1, -0.05) is 43.7 Å². The predicted octanol–water partition coefficient (Wildman–Crippen LogP) is 4.82. The highest BCUT2D eigenvalue weighted by atomic mass is 16.5. The lowest BCUT2D eigenvalue weighted by atomic mass is 10.1. The van der Waals surface area contributed by atoms with Gasteiger partial charge in [-0.05, 0) is 74.5 Å². The molecule has 156 valence electrons. The molecule has 1 aliphatic heterocycles. The lowest BCUT2D eigenvalue weighted by Crippen LogP contribution is -2.29. The smallest absolute Gasteiger partial charge is 0.251 e. The van der Waals surface area contributed by atoms with E-state index in [0.717, 1.165) is 43.7 Å². The summed E-state index contributed by atoms with van der Waals surface area (Å²) < 4.78 is 5.81. The summed E-state index contributed by atoms with van der Waals surface area (Å²) >= 11 is 0. The van der Waals surface area contributed by atoms with Crippen LogP contribution in [0.2, 0.25) is 0 Å². The molecule has 0 saturated carbocycles. The zero-order valence-corrected chi connectivity index (χ0v) is 17.7. The number of para-hydroxylation sites is 1. The number of carbonyl (C=O) groups is 1. The molecule has 0 atom stereocenters. The van der Waals surface area contributed by atoms with E-state index in [1.165, 1.54) is 43.5 Å². The molecule has 2 aromatic rings. The number of hydrogen-bond acceptors (Lipinski definition) is 3. The summed E-state index contributed by atoms with van der Waals surface area (Å²) in [6.45, 7) is 6.88. The molecule has 0 bridgehead atoms. The molecule has 1 amide bonds. The van der Waals surface area contributed by atoms with E-state index < -0.39 is 0 Å². The van der Waals surface area contributed by atoms with E-state index in [-0.39, 0.29) is 5.91 Å². The van der Waals surface area contributed by atoms with Gasteiger partial charge in [0, 0.05) is 18.7 Å². The summed E-state index contributed by atoms with van der Waals surface area (Å²) in [5.74, 6) is 0.968. The Bertz CT molecular complexity index is 752. The van der Waals surface area contributed by atoms with Crippen molar-refractivity contribution in [2.24, 2.45) is 0 Å². The second-order valence-electron chi connectivity index (χ2n) is 7.85. The Labute approximate surface area is 175 Å². The highest BCUT2D eigenvalue weighted by Gasteiger charge is 2.11. The number of nitrogens with one attached hydrogen (secondary N) is 1. The van der Waals surface area contributed by atoms with Crippen LogP contribution in [0.3, 0.4) is 0 Å². The maximum Gasteiger partial charge on any atom is 0.251 e. The van der Waals surface area contributed by atoms with Crippen LogP contribution < -0.4 is 10.1 Å². The Hall–Kier alpha value is -2.33. The van der Waals surface area contributed by atoms with Crippen LogP contribution in [0, 0.1) is 0 Å². The lowest BCUT2D eigenvalue weighted by Gasteiger charge is -2.26. The standard InChI is InChI=1S/C25H34N2O2/c1-2-19-29-24-11-5-4-9-22(24)10-8-16-26-25(28)23-14-12-21(13-15-23)20-27-17-6-3-7-18-27/h4-5,9,11-15H,2-3,6-8,10,16-20H2,1H3,(H,26,28). The minimum absolute atomic E-state index is 0.00467. The third-order valence-electron chi connectivity index (χ3n) is 5.41. The molecule has 1 heterocycles. The first kappa shape index (κ1) is 21.4. The van der Waals surface area contributed by atoms with Gasteiger partial charge in [0.25, 0.3) is 5.91 Å². The number of nitrogens with zero attached hydrogens (tertiary/aromatic N) is 1. The molecule has 4 nitrogen and oxygen atoms in total. The Kier molecular flexibility index (Phi) is 8.57. The van der Waals surface area contributed by atoms with E-state index in [1.54, 1.807) is 0 Å². The van der Waals surface area contributed by atoms with Crippen LogP contribution >= 0.6 is 0 Å². The summed E-state index contributed by atoms with van der Waals surface area (Å²) in [6, 6.07) is 16.2. The van der Waals surface area contributed by atoms with Crippen LogP contribution in [0.4, 0.5) is 0 Å². The number of amides is 1. The van der Waals surface area contributed by atoms with Crippen molar-refractivity contribution in [2.45, 2.75) is 52.0 Å². The van der Waals surface area contributed by atoms with Crippen molar-refractivity contribution in [1.29, 1.82) is 0 Å². The van der Waals surface area contributed by atoms with Crippen molar-refractivity contribution >= 4 is 5.91 Å². The first-order chi connectivity index (χ1) is 14.3. The van der Waals surface area contributed by atoms with Crippen molar-refractivity contribution in [2.75, 3.05) is 26.2 Å². The third-order valence-corrected chi connectivity index (χ3v) is 5.41. The minimum atomic E-state index is 0.00467. The highest BCUT2D eigenvalue weighted by Crippen LogP contribution is 2.19. The van der Waals surface area contributed by atoms with Crippen molar-refractivity contribution < 1.29 is 9.53 Å². The zero-order chi connectivity index (χ0) is 20.3. The number of piperidine rings is 1. The lowest BCUT2D eigenvalue weighted by molar-refractivity contribution is 0.0953. The second kappa shape index (κ2) is 11.6. The first-order valence-electron chi connectivity index (χ1n) is 11.1. The summed E-state index contributed by atoms with van der Waals surface area (Å²) in [5.41, 5.74) is 3.23. The summed E-state index contributed by atoms with van der Waals surface area (Å²) in [6.07, 6.45) is 6.75. The van der Waals surface area contributed by atoms with Crippen LogP contribution in [0.1, 0.15) is 60.5 Å². The molecule has 29 heavy (non-hydrogen) atoms. The van der Waals surface area contributed by atoms with Crippen LogP contribution in [0.5, 0.6) is 5.75 Å². The number of rotatable bonds is 10. The number of likely N-dealkylation sites (tertiary alicyclic amines) is 1. The van der Waals surface area contributed by atoms with Crippen LogP contribution in [-0.4, -0.2) is 37.0 Å². The van der Waals surface area contributed by atoms with Crippen molar-refractivity contribution in [1.82, 2.24) is 10.2 Å². The summed E-state index contributed by atoms with van der Waals surface area (Å²) in [4.78, 5) is 14.9. The largest absolute Gasteiger partial charge is 0.493 e. The topological polar surface area (TPSA) is 41.6 Å². The molecule has 1 N–H and O–H groups in total. The van der Waals surface area contributed by atoms with Gasteiger partial charge in [-0.3, -0.25) is 9.69 Å². The van der Waals surface area contributed by atoms with Crippen molar-refractivity contribution in [3.05, 3.63) is 65.2 Å². The molecule has 1 fully saturated rings. The van der Waals surface area contributed by atoms with Crippen molar-refractivity contribution in [3.63, 3.8) is 0 Å².